The van der Waals surface area contributed by atoms with Gasteiger partial charge in [-0.1, -0.05) is 83.3 Å². The summed E-state index contributed by atoms with van der Waals surface area (Å²) in [5.74, 6) is 2.89. The summed E-state index contributed by atoms with van der Waals surface area (Å²) in [6.45, 7) is 10.6. The minimum atomic E-state index is -0.629. The molecule has 0 radical (unpaired) electrons. The molecule has 1 saturated carbocycles. The predicted molar refractivity (Wildman–Crippen MR) is 361 cm³/mol. The number of fused-ring (bicyclic) bond motifs is 3. The van der Waals surface area contributed by atoms with E-state index in [9.17, 15) is 13.9 Å². The zero-order chi connectivity index (χ0) is 64.8. The molecule has 3 aliphatic rings. The van der Waals surface area contributed by atoms with Crippen LogP contribution in [0.15, 0.2) is 147 Å². The molecule has 5 aromatic carbocycles. The maximum atomic E-state index is 13.9. The van der Waals surface area contributed by atoms with E-state index in [0.29, 0.717) is 76.2 Å². The van der Waals surface area contributed by atoms with Crippen LogP contribution in [0.4, 0.5) is 31.9 Å². The Balaban J connectivity index is 0.000000134. The maximum absolute atomic E-state index is 13.9. The van der Waals surface area contributed by atoms with Gasteiger partial charge in [0.2, 0.25) is 0 Å². The number of morpholine rings is 1. The highest BCUT2D eigenvalue weighted by atomic mass is 35.5. The maximum Gasteiger partial charge on any atom is 0.166 e. The molecule has 6 aromatic heterocycles. The van der Waals surface area contributed by atoms with Crippen molar-refractivity contribution >= 4 is 85.3 Å². The van der Waals surface area contributed by atoms with Crippen LogP contribution >= 0.6 is 34.8 Å². The Labute approximate surface area is 551 Å². The Bertz CT molecular complexity index is 4450. The number of halogens is 5. The number of nitrogens with zero attached hydrogens (tertiary/aromatic N) is 10. The molecule has 0 spiro atoms. The number of nitrogens with two attached hydrogens (primary N) is 2. The average Bonchev–Trinajstić information content (AvgIpc) is 1.62. The number of pyridine rings is 2. The van der Waals surface area contributed by atoms with Gasteiger partial charge in [0.25, 0.3) is 0 Å². The third-order valence-electron chi connectivity index (χ3n) is 16.8. The van der Waals surface area contributed by atoms with Crippen molar-refractivity contribution in [1.29, 1.82) is 0 Å². The number of methoxy groups -OCH3 is 1. The number of aliphatic hydroxyl groups is 1. The van der Waals surface area contributed by atoms with Crippen molar-refractivity contribution in [3.05, 3.63) is 185 Å². The minimum absolute atomic E-state index is 0.0364. The molecule has 480 valence electrons. The lowest BCUT2D eigenvalue weighted by atomic mass is 9.72. The fourth-order valence-corrected chi connectivity index (χ4v) is 12.7. The Morgan fingerprint density at radius 3 is 2.34 bits per heavy atom. The molecule has 93 heavy (non-hydrogen) atoms. The van der Waals surface area contributed by atoms with Crippen molar-refractivity contribution in [2.75, 3.05) is 76.4 Å². The lowest BCUT2D eigenvalue weighted by Gasteiger charge is -2.40. The summed E-state index contributed by atoms with van der Waals surface area (Å²) in [7, 11) is 1.60. The number of aromatic nitrogens is 9. The van der Waals surface area contributed by atoms with Gasteiger partial charge in [0.15, 0.2) is 23.1 Å². The quantitative estimate of drug-likeness (QED) is 0.0447. The number of nitrogen functional groups attached to an aromatic ring is 2. The molecule has 1 aliphatic carbocycles. The smallest absolute Gasteiger partial charge is 0.166 e. The molecule has 11 aromatic rings. The first-order valence-electron chi connectivity index (χ1n) is 30.7. The first-order valence-corrected chi connectivity index (χ1v) is 31.8. The number of nitrogens with one attached hydrogen (secondary N) is 2. The minimum Gasteiger partial charge on any atom is -0.493 e. The first kappa shape index (κ1) is 64.3. The van der Waals surface area contributed by atoms with Gasteiger partial charge in [0, 0.05) is 106 Å². The third kappa shape index (κ3) is 14.9. The molecule has 14 rings (SSSR count). The van der Waals surface area contributed by atoms with Gasteiger partial charge in [-0.25, -0.2) is 38.7 Å². The van der Waals surface area contributed by atoms with E-state index in [-0.39, 0.29) is 21.8 Å². The Morgan fingerprint density at radius 2 is 1.57 bits per heavy atom. The summed E-state index contributed by atoms with van der Waals surface area (Å²) in [6, 6.07) is 33.4. The largest absolute Gasteiger partial charge is 0.493 e. The lowest BCUT2D eigenvalue weighted by molar-refractivity contribution is -0.0335. The zero-order valence-electron chi connectivity index (χ0n) is 51.4. The molecule has 0 bridgehead atoms. The Hall–Kier alpha value is -8.80. The van der Waals surface area contributed by atoms with E-state index >= 15 is 0 Å². The van der Waals surface area contributed by atoms with E-state index in [1.165, 1.54) is 30.6 Å². The molecule has 7 N–H and O–H groups in total. The van der Waals surface area contributed by atoms with Crippen LogP contribution in [0.2, 0.25) is 15.1 Å². The summed E-state index contributed by atoms with van der Waals surface area (Å²) < 4.78 is 54.3. The van der Waals surface area contributed by atoms with E-state index in [4.69, 9.17) is 75.2 Å². The molecule has 19 nitrogen and oxygen atoms in total. The van der Waals surface area contributed by atoms with Gasteiger partial charge in [0.1, 0.15) is 52.7 Å². The van der Waals surface area contributed by atoms with Crippen LogP contribution in [0.3, 0.4) is 0 Å². The second-order valence-corrected chi connectivity index (χ2v) is 24.6. The highest BCUT2D eigenvalue weighted by molar-refractivity contribution is 6.36. The highest BCUT2D eigenvalue weighted by Crippen LogP contribution is 2.46. The molecule has 8 heterocycles. The fraction of sp³-hybridized carbons (Fsp3) is 0.290. The van der Waals surface area contributed by atoms with Crippen molar-refractivity contribution in [2.45, 2.75) is 69.6 Å². The molecule has 2 aliphatic heterocycles. The van der Waals surface area contributed by atoms with Crippen LogP contribution < -0.4 is 36.3 Å². The lowest BCUT2D eigenvalue weighted by Crippen LogP contribution is -2.40. The van der Waals surface area contributed by atoms with Crippen molar-refractivity contribution in [2.24, 2.45) is 0 Å². The van der Waals surface area contributed by atoms with E-state index in [2.05, 4.69) is 77.0 Å². The summed E-state index contributed by atoms with van der Waals surface area (Å²) >= 11 is 18.2. The van der Waals surface area contributed by atoms with Crippen LogP contribution in [0.25, 0.3) is 61.0 Å². The van der Waals surface area contributed by atoms with Gasteiger partial charge in [-0.05, 0) is 114 Å². The third-order valence-corrected chi connectivity index (χ3v) is 17.8. The van der Waals surface area contributed by atoms with Gasteiger partial charge in [-0.3, -0.25) is 14.0 Å². The Morgan fingerprint density at radius 1 is 0.785 bits per heavy atom. The number of benzene rings is 5. The number of anilines is 4. The SMILES string of the molecule is CC1(O)CC(c2nc(-c3ccc4ccc(-c5ccccc5)nc4c3)c3c(N)nccn23)C1.COc1cc2ncnc(Nc3ccc(F)c(Cl)c3)c2cc1OCCCN1CCOCC1.C[C@@H](Oc1cc(-c2cnn(C3CCNCC3)c2)cnc1N)c1c(Cl)ccc(F)c1Cl. The number of ether oxygens (including phenoxy) is 4. The van der Waals surface area contributed by atoms with Gasteiger partial charge < -0.3 is 46.2 Å². The summed E-state index contributed by atoms with van der Waals surface area (Å²) in [4.78, 5) is 29.5. The van der Waals surface area contributed by atoms with Gasteiger partial charge >= 0.3 is 0 Å². The van der Waals surface area contributed by atoms with Crippen LogP contribution in [-0.2, 0) is 4.74 Å². The van der Waals surface area contributed by atoms with Crippen molar-refractivity contribution < 1.29 is 32.8 Å². The van der Waals surface area contributed by atoms with Crippen LogP contribution in [0.1, 0.15) is 75.4 Å². The van der Waals surface area contributed by atoms with E-state index in [0.717, 1.165) is 126 Å². The first-order chi connectivity index (χ1) is 45.1. The van der Waals surface area contributed by atoms with Crippen molar-refractivity contribution in [3.63, 3.8) is 0 Å². The number of hydrogen-bond donors (Lipinski definition) is 5. The number of piperidine rings is 1. The second kappa shape index (κ2) is 28.6. The molecule has 24 heteroatoms. The number of hydrogen-bond acceptors (Lipinski definition) is 17. The van der Waals surface area contributed by atoms with Gasteiger partial charge in [-0.2, -0.15) is 5.10 Å². The molecule has 3 fully saturated rings. The molecule has 1 atom stereocenters. The predicted octanol–water partition coefficient (Wildman–Crippen LogP) is 14.1. The average molecular weight is 1320 g/mol. The second-order valence-electron chi connectivity index (χ2n) is 23.4. The van der Waals surface area contributed by atoms with E-state index in [1.54, 1.807) is 38.6 Å². The summed E-state index contributed by atoms with van der Waals surface area (Å²) in [5, 5.41) is 23.4. The highest BCUT2D eigenvalue weighted by Gasteiger charge is 2.42. The van der Waals surface area contributed by atoms with Crippen LogP contribution in [-0.4, -0.2) is 119 Å². The van der Waals surface area contributed by atoms with E-state index in [1.807, 2.05) is 71.0 Å². The Kier molecular flexibility index (Phi) is 19.8. The topological polar surface area (TPSA) is 236 Å². The number of rotatable bonds is 16. The van der Waals surface area contributed by atoms with Crippen molar-refractivity contribution in [3.8, 4) is 50.9 Å². The van der Waals surface area contributed by atoms with Gasteiger partial charge in [-0.15, -0.1) is 0 Å². The van der Waals surface area contributed by atoms with Crippen LogP contribution in [0, 0.1) is 11.6 Å². The van der Waals surface area contributed by atoms with Gasteiger partial charge in [0.05, 0.1) is 71.5 Å². The zero-order valence-corrected chi connectivity index (χ0v) is 53.6. The molecule has 0 amide bonds. The standard InChI is InChI=1S/C26H23N5O.C22H24ClFN4O3.C21H22Cl2FN5O/c1-26(32)14-19(15-26)25-30-22(23-24(27)28-11-12-31(23)25)18-8-7-17-9-10-20(29-21(17)13-18)16-5-3-2-4-6-16;1-29-20-13-19-16(12-21(20)31-8-2-5-28-6-9-30-10-7-28)22(26-14-25-19)27-15-3-4-18(24)17(23)11-15;1-12(19-16(22)2-3-17(24)20(19)23)30-18-8-13(9-27-21(18)25)14-10-28-29(11-14)15-4-6-26-7-5-15/h2-13,19,32H,14-15H2,1H3,(H2,27,28);3-4,11-14H,2,5-10H2,1H3,(H,25,26,27);2-3,8-12,15,26H,4-7H2,1H3,(H2,25,27)/t;;12-/m..1/s1. The summed E-state index contributed by atoms with van der Waals surface area (Å²) in [6.07, 6.45) is 14.3. The molecule has 0 unspecified atom stereocenters. The van der Waals surface area contributed by atoms with Crippen molar-refractivity contribution in [1.82, 2.24) is 54.3 Å². The van der Waals surface area contributed by atoms with E-state index < -0.39 is 23.3 Å². The van der Waals surface area contributed by atoms with Crippen LogP contribution in [0.5, 0.6) is 17.2 Å². The monoisotopic (exact) mass is 1320 g/mol. The number of imidazole rings is 1. The molecular formula is C69H69Cl3F2N14O5. The molecular weight excluding hydrogens is 1250 g/mol. The molecule has 2 saturated heterocycles. The fourth-order valence-electron chi connectivity index (χ4n) is 11.9. The summed E-state index contributed by atoms with van der Waals surface area (Å²) in [5.41, 5.74) is 20.6. The normalized spacial score (nSPS) is 17.0.